The normalized spacial score (nSPS) is 10.1. The van der Waals surface area contributed by atoms with E-state index in [0.717, 1.165) is 29.7 Å². The highest BCUT2D eigenvalue weighted by molar-refractivity contribution is 7.78. The van der Waals surface area contributed by atoms with Crippen LogP contribution in [0, 0.1) is 23.5 Å². The molecular formula is C26H21F2NS. The summed E-state index contributed by atoms with van der Waals surface area (Å²) in [5, 5.41) is 2.09. The number of unbranched alkanes of at least 4 members (excludes halogenated alkanes) is 2. The number of halogens is 2. The van der Waals surface area contributed by atoms with Crippen LogP contribution in [0.1, 0.15) is 42.9 Å². The summed E-state index contributed by atoms with van der Waals surface area (Å²) in [4.78, 5) is 3.59. The second-order valence-corrected chi connectivity index (χ2v) is 7.15. The van der Waals surface area contributed by atoms with E-state index in [-0.39, 0.29) is 11.3 Å². The van der Waals surface area contributed by atoms with Crippen molar-refractivity contribution in [3.05, 3.63) is 89.0 Å². The van der Waals surface area contributed by atoms with Crippen LogP contribution in [0.3, 0.4) is 0 Å². The first-order valence-corrected chi connectivity index (χ1v) is 10.3. The van der Waals surface area contributed by atoms with Gasteiger partial charge in [-0.2, -0.15) is 4.99 Å². The number of hydrogen-bond donors (Lipinski definition) is 0. The molecule has 1 nitrogen and oxygen atoms in total. The van der Waals surface area contributed by atoms with Crippen molar-refractivity contribution in [3.63, 3.8) is 0 Å². The van der Waals surface area contributed by atoms with E-state index in [1.807, 2.05) is 24.3 Å². The van der Waals surface area contributed by atoms with Crippen molar-refractivity contribution in [2.75, 3.05) is 0 Å². The van der Waals surface area contributed by atoms with Gasteiger partial charge < -0.3 is 0 Å². The minimum atomic E-state index is -0.776. The summed E-state index contributed by atoms with van der Waals surface area (Å²) in [5.41, 5.74) is 4.00. The van der Waals surface area contributed by atoms with Crippen LogP contribution in [-0.2, 0) is 6.42 Å². The molecule has 0 atom stereocenters. The highest BCUT2D eigenvalue weighted by Crippen LogP contribution is 2.22. The van der Waals surface area contributed by atoms with Crippen LogP contribution >= 0.6 is 12.2 Å². The molecule has 0 spiro atoms. The van der Waals surface area contributed by atoms with E-state index >= 15 is 0 Å². The summed E-state index contributed by atoms with van der Waals surface area (Å²) in [6, 6.07) is 18.4. The molecule has 0 aliphatic carbocycles. The summed E-state index contributed by atoms with van der Waals surface area (Å²) in [7, 11) is 0. The summed E-state index contributed by atoms with van der Waals surface area (Å²) < 4.78 is 28.2. The van der Waals surface area contributed by atoms with Gasteiger partial charge in [-0.05, 0) is 53.9 Å². The number of thiocarbonyl (C=S) groups is 1. The molecule has 0 aliphatic rings. The van der Waals surface area contributed by atoms with E-state index in [0.29, 0.717) is 5.56 Å². The van der Waals surface area contributed by atoms with E-state index < -0.39 is 11.6 Å². The number of isothiocyanates is 1. The Morgan fingerprint density at radius 3 is 2.00 bits per heavy atom. The minimum absolute atomic E-state index is 0.0753. The number of benzene rings is 3. The van der Waals surface area contributed by atoms with Crippen LogP contribution in [0.25, 0.3) is 11.1 Å². The summed E-state index contributed by atoms with van der Waals surface area (Å²) in [6.07, 6.45) is 4.80. The quantitative estimate of drug-likeness (QED) is 0.175. The zero-order valence-electron chi connectivity index (χ0n) is 16.7. The first-order chi connectivity index (χ1) is 14.6. The van der Waals surface area contributed by atoms with Crippen molar-refractivity contribution < 1.29 is 8.78 Å². The molecule has 0 N–H and O–H groups in total. The zero-order valence-corrected chi connectivity index (χ0v) is 17.5. The molecule has 30 heavy (non-hydrogen) atoms. The minimum Gasteiger partial charge on any atom is -0.205 e. The highest BCUT2D eigenvalue weighted by atomic mass is 32.1. The van der Waals surface area contributed by atoms with Crippen LogP contribution in [0.2, 0.25) is 0 Å². The van der Waals surface area contributed by atoms with Crippen LogP contribution in [0.4, 0.5) is 14.5 Å². The van der Waals surface area contributed by atoms with Crippen molar-refractivity contribution in [3.8, 4) is 23.0 Å². The maximum Gasteiger partial charge on any atom is 0.143 e. The van der Waals surface area contributed by atoms with Crippen LogP contribution in [-0.4, -0.2) is 5.16 Å². The molecule has 0 aliphatic heterocycles. The average molecular weight is 418 g/mol. The molecule has 0 bridgehead atoms. The van der Waals surface area contributed by atoms with E-state index in [1.165, 1.54) is 24.8 Å². The molecule has 4 heteroatoms. The molecule has 0 aromatic heterocycles. The van der Waals surface area contributed by atoms with Gasteiger partial charge in [0.25, 0.3) is 0 Å². The zero-order chi connectivity index (χ0) is 21.3. The molecule has 0 heterocycles. The Labute approximate surface area is 181 Å². The number of nitrogens with zero attached hydrogens (tertiary/aromatic N) is 1. The lowest BCUT2D eigenvalue weighted by atomic mass is 10.0. The van der Waals surface area contributed by atoms with Gasteiger partial charge in [0.1, 0.15) is 11.6 Å². The summed E-state index contributed by atoms with van der Waals surface area (Å²) in [5.74, 6) is 3.83. The van der Waals surface area contributed by atoms with Gasteiger partial charge in [0.2, 0.25) is 0 Å². The van der Waals surface area contributed by atoms with E-state index in [2.05, 4.69) is 65.4 Å². The Morgan fingerprint density at radius 2 is 1.43 bits per heavy atom. The third kappa shape index (κ3) is 5.70. The molecule has 0 saturated heterocycles. The van der Waals surface area contributed by atoms with Crippen molar-refractivity contribution in [1.29, 1.82) is 0 Å². The fraction of sp³-hybridized carbons (Fsp3) is 0.192. The SMILES string of the molecule is CCCCCc1ccc(-c2ccc(C#Cc3c(F)cc(N=C=S)cc3F)cc2)cc1. The predicted molar refractivity (Wildman–Crippen MR) is 122 cm³/mol. The topological polar surface area (TPSA) is 12.4 Å². The van der Waals surface area contributed by atoms with Crippen LogP contribution in [0.5, 0.6) is 0 Å². The van der Waals surface area contributed by atoms with Gasteiger partial charge in [-0.25, -0.2) is 8.78 Å². The second kappa shape index (κ2) is 10.6. The van der Waals surface area contributed by atoms with Gasteiger partial charge in [-0.15, -0.1) is 0 Å². The molecule has 0 unspecified atom stereocenters. The lowest BCUT2D eigenvalue weighted by Gasteiger charge is -2.05. The lowest BCUT2D eigenvalue weighted by molar-refractivity contribution is 0.578. The van der Waals surface area contributed by atoms with Gasteiger partial charge in [0.05, 0.1) is 16.4 Å². The molecular weight excluding hydrogens is 396 g/mol. The van der Waals surface area contributed by atoms with Crippen molar-refractivity contribution in [2.45, 2.75) is 32.6 Å². The molecule has 3 aromatic rings. The number of aryl methyl sites for hydroxylation is 1. The fourth-order valence-corrected chi connectivity index (χ4v) is 3.23. The van der Waals surface area contributed by atoms with Crippen molar-refractivity contribution in [2.24, 2.45) is 4.99 Å². The Kier molecular flexibility index (Phi) is 7.63. The van der Waals surface area contributed by atoms with Crippen molar-refractivity contribution in [1.82, 2.24) is 0 Å². The van der Waals surface area contributed by atoms with Crippen LogP contribution < -0.4 is 0 Å². The van der Waals surface area contributed by atoms with Gasteiger partial charge in [-0.3, -0.25) is 0 Å². The third-order valence-corrected chi connectivity index (χ3v) is 4.87. The second-order valence-electron chi connectivity index (χ2n) is 6.97. The predicted octanol–water partition coefficient (Wildman–Crippen LogP) is 7.50. The molecule has 0 fully saturated rings. The number of hydrogen-bond acceptors (Lipinski definition) is 2. The first-order valence-electron chi connectivity index (χ1n) is 9.89. The summed E-state index contributed by atoms with van der Waals surface area (Å²) in [6.45, 7) is 2.21. The molecule has 0 saturated carbocycles. The average Bonchev–Trinajstić information content (AvgIpc) is 2.75. The first kappa shape index (κ1) is 21.6. The van der Waals surface area contributed by atoms with Crippen molar-refractivity contribution >= 4 is 23.1 Å². The van der Waals surface area contributed by atoms with Gasteiger partial charge in [0.15, 0.2) is 0 Å². The number of aliphatic imine (C=N–C) groups is 1. The molecule has 3 rings (SSSR count). The maximum absolute atomic E-state index is 14.1. The fourth-order valence-electron chi connectivity index (χ4n) is 3.12. The lowest BCUT2D eigenvalue weighted by Crippen LogP contribution is -1.90. The smallest absolute Gasteiger partial charge is 0.143 e. The summed E-state index contributed by atoms with van der Waals surface area (Å²) >= 11 is 4.45. The van der Waals surface area contributed by atoms with Crippen LogP contribution in [0.15, 0.2) is 65.7 Å². The molecule has 0 amide bonds. The monoisotopic (exact) mass is 417 g/mol. The standard InChI is InChI=1S/C26H21F2NS/c1-2-3-4-5-19-6-11-21(12-7-19)22-13-8-20(9-14-22)10-15-24-25(27)16-23(29-18-30)17-26(24)28/h6-9,11-14,16-17H,2-5H2,1H3. The van der Waals surface area contributed by atoms with Gasteiger partial charge in [0, 0.05) is 17.7 Å². The van der Waals surface area contributed by atoms with Gasteiger partial charge >= 0.3 is 0 Å². The Hall–Kier alpha value is -3.12. The maximum atomic E-state index is 14.1. The molecule has 150 valence electrons. The Morgan fingerprint density at radius 1 is 0.833 bits per heavy atom. The van der Waals surface area contributed by atoms with Gasteiger partial charge in [-0.1, -0.05) is 68.0 Å². The Bertz CT molecular complexity index is 1090. The Balaban J connectivity index is 1.74. The van der Waals surface area contributed by atoms with E-state index in [9.17, 15) is 8.78 Å². The third-order valence-electron chi connectivity index (χ3n) is 4.77. The van der Waals surface area contributed by atoms with E-state index in [1.54, 1.807) is 0 Å². The highest BCUT2D eigenvalue weighted by Gasteiger charge is 2.08. The molecule has 3 aromatic carbocycles. The van der Waals surface area contributed by atoms with E-state index in [4.69, 9.17) is 0 Å². The number of rotatable bonds is 6. The molecule has 0 radical (unpaired) electrons. The largest absolute Gasteiger partial charge is 0.205 e.